The third-order valence-corrected chi connectivity index (χ3v) is 2.68. The number of carbonyl (C=O) groups excluding carboxylic acids is 1. The number of rotatable bonds is 2. The Morgan fingerprint density at radius 2 is 2.11 bits per heavy atom. The zero-order chi connectivity index (χ0) is 13.2. The fourth-order valence-electron chi connectivity index (χ4n) is 1.63. The molecule has 2 heterocycles. The Labute approximate surface area is 113 Å². The predicted octanol–water partition coefficient (Wildman–Crippen LogP) is 2.11. The molecule has 0 aliphatic carbocycles. The van der Waals surface area contributed by atoms with Gasteiger partial charge in [0, 0.05) is 11.8 Å². The number of hydrogen-bond donors (Lipinski definition) is 1. The van der Waals surface area contributed by atoms with Crippen LogP contribution in [-0.2, 0) is 0 Å². The second-order valence-corrected chi connectivity index (χ2v) is 4.07. The molecule has 1 aromatic carbocycles. The average Bonchev–Trinajstić information content (AvgIpc) is 2.85. The number of aromatic nitrogens is 2. The molecule has 0 unspecified atom stereocenters. The molecule has 1 aliphatic rings. The number of hydrogen-bond acceptors (Lipinski definition) is 5. The van der Waals surface area contributed by atoms with E-state index in [4.69, 9.17) is 21.1 Å². The minimum atomic E-state index is -0.312. The Hall–Kier alpha value is -2.34. The molecule has 0 atom stereocenters. The van der Waals surface area contributed by atoms with Gasteiger partial charge in [-0.3, -0.25) is 4.79 Å². The molecule has 1 aromatic heterocycles. The summed E-state index contributed by atoms with van der Waals surface area (Å²) >= 11 is 5.64. The number of anilines is 1. The number of fused-ring (bicyclic) bond motifs is 1. The fourth-order valence-corrected chi connectivity index (χ4v) is 1.78. The first-order valence-electron chi connectivity index (χ1n) is 5.42. The normalized spacial score (nSPS) is 12.3. The SMILES string of the molecule is O=C(Nc1ccnc(Cl)n1)c1ccc2c(c1)OCO2. The lowest BCUT2D eigenvalue weighted by molar-refractivity contribution is 0.102. The van der Waals surface area contributed by atoms with Crippen LogP contribution in [0, 0.1) is 0 Å². The summed E-state index contributed by atoms with van der Waals surface area (Å²) < 4.78 is 10.4. The maximum absolute atomic E-state index is 12.0. The van der Waals surface area contributed by atoms with Gasteiger partial charge in [0.25, 0.3) is 5.91 Å². The Balaban J connectivity index is 1.81. The van der Waals surface area contributed by atoms with Crippen LogP contribution in [0.4, 0.5) is 5.82 Å². The smallest absolute Gasteiger partial charge is 0.256 e. The minimum absolute atomic E-state index is 0.0727. The Kier molecular flexibility index (Phi) is 2.92. The Morgan fingerprint density at radius 1 is 1.26 bits per heavy atom. The van der Waals surface area contributed by atoms with Crippen LogP contribution in [0.2, 0.25) is 5.28 Å². The molecule has 0 fully saturated rings. The summed E-state index contributed by atoms with van der Waals surface area (Å²) in [6.45, 7) is 0.169. The summed E-state index contributed by atoms with van der Waals surface area (Å²) in [6, 6.07) is 6.49. The number of ether oxygens (including phenoxy) is 2. The molecule has 0 saturated carbocycles. The molecule has 3 rings (SSSR count). The quantitative estimate of drug-likeness (QED) is 0.851. The van der Waals surface area contributed by atoms with E-state index in [-0.39, 0.29) is 18.0 Å². The van der Waals surface area contributed by atoms with Crippen molar-refractivity contribution in [3.8, 4) is 11.5 Å². The maximum Gasteiger partial charge on any atom is 0.256 e. The summed E-state index contributed by atoms with van der Waals surface area (Å²) in [7, 11) is 0. The monoisotopic (exact) mass is 277 g/mol. The van der Waals surface area contributed by atoms with Crippen molar-refractivity contribution in [1.82, 2.24) is 9.97 Å². The molecule has 0 bridgehead atoms. The summed E-state index contributed by atoms with van der Waals surface area (Å²) in [5.74, 6) is 1.20. The molecule has 2 aromatic rings. The van der Waals surface area contributed by atoms with Gasteiger partial charge in [-0.05, 0) is 35.9 Å². The highest BCUT2D eigenvalue weighted by molar-refractivity contribution is 6.28. The minimum Gasteiger partial charge on any atom is -0.454 e. The van der Waals surface area contributed by atoms with E-state index in [1.165, 1.54) is 6.20 Å². The van der Waals surface area contributed by atoms with Crippen LogP contribution in [0.1, 0.15) is 10.4 Å². The summed E-state index contributed by atoms with van der Waals surface area (Å²) in [4.78, 5) is 19.6. The van der Waals surface area contributed by atoms with Crippen molar-refractivity contribution < 1.29 is 14.3 Å². The van der Waals surface area contributed by atoms with Gasteiger partial charge in [0.2, 0.25) is 12.1 Å². The van der Waals surface area contributed by atoms with E-state index in [1.807, 2.05) is 0 Å². The van der Waals surface area contributed by atoms with Gasteiger partial charge >= 0.3 is 0 Å². The van der Waals surface area contributed by atoms with Gasteiger partial charge in [0.15, 0.2) is 11.5 Å². The molecule has 19 heavy (non-hydrogen) atoms. The number of halogens is 1. The van der Waals surface area contributed by atoms with E-state index >= 15 is 0 Å². The van der Waals surface area contributed by atoms with Crippen LogP contribution in [0.5, 0.6) is 11.5 Å². The van der Waals surface area contributed by atoms with Gasteiger partial charge in [-0.25, -0.2) is 9.97 Å². The standard InChI is InChI=1S/C12H8ClN3O3/c13-12-14-4-3-10(16-12)15-11(17)7-1-2-8-9(5-7)19-6-18-8/h1-5H,6H2,(H,14,15,16,17). The molecule has 0 saturated heterocycles. The van der Waals surface area contributed by atoms with Gasteiger partial charge in [0.1, 0.15) is 5.82 Å². The molecule has 1 amide bonds. The number of amides is 1. The zero-order valence-corrected chi connectivity index (χ0v) is 10.3. The van der Waals surface area contributed by atoms with Crippen molar-refractivity contribution in [1.29, 1.82) is 0 Å². The molecule has 96 valence electrons. The molecule has 7 heteroatoms. The van der Waals surface area contributed by atoms with Crippen molar-refractivity contribution >= 4 is 23.3 Å². The zero-order valence-electron chi connectivity index (χ0n) is 9.59. The predicted molar refractivity (Wildman–Crippen MR) is 67.6 cm³/mol. The van der Waals surface area contributed by atoms with E-state index in [1.54, 1.807) is 24.3 Å². The number of benzene rings is 1. The van der Waals surface area contributed by atoms with Crippen LogP contribution in [0.15, 0.2) is 30.5 Å². The highest BCUT2D eigenvalue weighted by Gasteiger charge is 2.16. The molecule has 1 aliphatic heterocycles. The highest BCUT2D eigenvalue weighted by atomic mass is 35.5. The largest absolute Gasteiger partial charge is 0.454 e. The van der Waals surface area contributed by atoms with E-state index < -0.39 is 0 Å². The summed E-state index contributed by atoms with van der Waals surface area (Å²) in [5, 5.41) is 2.69. The lowest BCUT2D eigenvalue weighted by Gasteiger charge is -2.05. The lowest BCUT2D eigenvalue weighted by atomic mass is 10.2. The summed E-state index contributed by atoms with van der Waals surface area (Å²) in [5.41, 5.74) is 0.444. The van der Waals surface area contributed by atoms with Crippen LogP contribution in [0.3, 0.4) is 0 Å². The van der Waals surface area contributed by atoms with Gasteiger partial charge in [-0.2, -0.15) is 0 Å². The number of nitrogens with zero attached hydrogens (tertiary/aromatic N) is 2. The van der Waals surface area contributed by atoms with E-state index in [9.17, 15) is 4.79 Å². The second-order valence-electron chi connectivity index (χ2n) is 3.73. The maximum atomic E-state index is 12.0. The molecule has 6 nitrogen and oxygen atoms in total. The highest BCUT2D eigenvalue weighted by Crippen LogP contribution is 2.32. The van der Waals surface area contributed by atoms with E-state index in [2.05, 4.69) is 15.3 Å². The van der Waals surface area contributed by atoms with Crippen molar-refractivity contribution in [2.75, 3.05) is 12.1 Å². The molecule has 0 spiro atoms. The average molecular weight is 278 g/mol. The van der Waals surface area contributed by atoms with Crippen molar-refractivity contribution in [3.05, 3.63) is 41.3 Å². The topological polar surface area (TPSA) is 73.3 Å². The molecule has 0 radical (unpaired) electrons. The first-order chi connectivity index (χ1) is 9.22. The third kappa shape index (κ3) is 2.43. The van der Waals surface area contributed by atoms with Crippen molar-refractivity contribution in [2.45, 2.75) is 0 Å². The first-order valence-corrected chi connectivity index (χ1v) is 5.80. The van der Waals surface area contributed by atoms with Gasteiger partial charge in [-0.15, -0.1) is 0 Å². The third-order valence-electron chi connectivity index (χ3n) is 2.50. The van der Waals surface area contributed by atoms with Crippen LogP contribution in [-0.4, -0.2) is 22.7 Å². The van der Waals surface area contributed by atoms with Crippen LogP contribution in [0.25, 0.3) is 0 Å². The van der Waals surface area contributed by atoms with Crippen LogP contribution < -0.4 is 14.8 Å². The van der Waals surface area contributed by atoms with Gasteiger partial charge in [-0.1, -0.05) is 0 Å². The molecular formula is C12H8ClN3O3. The molecular weight excluding hydrogens is 270 g/mol. The Bertz CT molecular complexity index is 648. The summed E-state index contributed by atoms with van der Waals surface area (Å²) in [6.07, 6.45) is 1.46. The molecule has 1 N–H and O–H groups in total. The number of nitrogens with one attached hydrogen (secondary N) is 1. The Morgan fingerprint density at radius 3 is 2.95 bits per heavy atom. The first kappa shape index (κ1) is 11.7. The van der Waals surface area contributed by atoms with E-state index in [0.29, 0.717) is 22.9 Å². The fraction of sp³-hybridized carbons (Fsp3) is 0.0833. The van der Waals surface area contributed by atoms with Crippen molar-refractivity contribution in [3.63, 3.8) is 0 Å². The van der Waals surface area contributed by atoms with Crippen molar-refractivity contribution in [2.24, 2.45) is 0 Å². The van der Waals surface area contributed by atoms with Gasteiger partial charge < -0.3 is 14.8 Å². The van der Waals surface area contributed by atoms with E-state index in [0.717, 1.165) is 0 Å². The van der Waals surface area contributed by atoms with Gasteiger partial charge in [0.05, 0.1) is 0 Å². The second kappa shape index (κ2) is 4.74. The van der Waals surface area contributed by atoms with Crippen LogP contribution >= 0.6 is 11.6 Å². The lowest BCUT2D eigenvalue weighted by Crippen LogP contribution is -2.13. The number of carbonyl (C=O) groups is 1.